The molecule has 0 aliphatic carbocycles. The van der Waals surface area contributed by atoms with Crippen molar-refractivity contribution in [1.82, 2.24) is 5.32 Å². The van der Waals surface area contributed by atoms with Gasteiger partial charge in [0.05, 0.1) is 0 Å². The molecule has 3 N–H and O–H groups in total. The molecular formula is C12H18BrFN2. The molecule has 0 radical (unpaired) electrons. The standard InChI is InChI=1S/C12H18BrFN2/c1-9(7-15)8-16-5-4-10-6-11(13)2-3-12(10)14/h2-3,6,9,16H,4-5,7-8,15H2,1H3. The summed E-state index contributed by atoms with van der Waals surface area (Å²) >= 11 is 3.34. The Labute approximate surface area is 105 Å². The van der Waals surface area contributed by atoms with Crippen LogP contribution in [0.2, 0.25) is 0 Å². The summed E-state index contributed by atoms with van der Waals surface area (Å²) in [7, 11) is 0. The number of benzene rings is 1. The summed E-state index contributed by atoms with van der Waals surface area (Å²) in [5, 5.41) is 3.27. The maximum absolute atomic E-state index is 13.4. The second kappa shape index (κ2) is 6.99. The molecular weight excluding hydrogens is 271 g/mol. The van der Waals surface area contributed by atoms with Gasteiger partial charge < -0.3 is 11.1 Å². The molecule has 4 heteroatoms. The molecule has 1 aromatic rings. The first-order chi connectivity index (χ1) is 7.63. The average Bonchev–Trinajstić information content (AvgIpc) is 2.28. The zero-order chi connectivity index (χ0) is 12.0. The van der Waals surface area contributed by atoms with Crippen molar-refractivity contribution in [3.8, 4) is 0 Å². The molecule has 0 heterocycles. The lowest BCUT2D eigenvalue weighted by Gasteiger charge is -2.10. The minimum atomic E-state index is -0.142. The molecule has 1 unspecified atom stereocenters. The molecule has 0 amide bonds. The number of hydrogen-bond acceptors (Lipinski definition) is 2. The van der Waals surface area contributed by atoms with Crippen LogP contribution in [0.15, 0.2) is 22.7 Å². The summed E-state index contributed by atoms with van der Waals surface area (Å²) in [5.74, 6) is 0.323. The number of halogens is 2. The van der Waals surface area contributed by atoms with Gasteiger partial charge in [0.25, 0.3) is 0 Å². The van der Waals surface area contributed by atoms with Gasteiger partial charge in [0.2, 0.25) is 0 Å². The van der Waals surface area contributed by atoms with Crippen LogP contribution in [0.5, 0.6) is 0 Å². The van der Waals surface area contributed by atoms with Gasteiger partial charge in [0, 0.05) is 4.47 Å². The average molecular weight is 289 g/mol. The number of nitrogens with two attached hydrogens (primary N) is 1. The fourth-order valence-corrected chi connectivity index (χ4v) is 1.80. The van der Waals surface area contributed by atoms with Crippen molar-refractivity contribution in [3.63, 3.8) is 0 Å². The van der Waals surface area contributed by atoms with Crippen molar-refractivity contribution in [3.05, 3.63) is 34.1 Å². The van der Waals surface area contributed by atoms with E-state index in [9.17, 15) is 4.39 Å². The predicted octanol–water partition coefficient (Wildman–Crippen LogP) is 2.32. The molecule has 1 aromatic carbocycles. The van der Waals surface area contributed by atoms with Crippen LogP contribution in [0.25, 0.3) is 0 Å². The van der Waals surface area contributed by atoms with Gasteiger partial charge in [-0.15, -0.1) is 0 Å². The highest BCUT2D eigenvalue weighted by Crippen LogP contribution is 2.15. The second-order valence-corrected chi connectivity index (χ2v) is 4.95. The first kappa shape index (κ1) is 13.6. The second-order valence-electron chi connectivity index (χ2n) is 4.03. The molecule has 0 saturated carbocycles. The molecule has 0 spiro atoms. The third-order valence-electron chi connectivity index (χ3n) is 2.47. The van der Waals surface area contributed by atoms with E-state index in [4.69, 9.17) is 5.73 Å². The van der Waals surface area contributed by atoms with Gasteiger partial charge in [-0.2, -0.15) is 0 Å². The fourth-order valence-electron chi connectivity index (χ4n) is 1.39. The van der Waals surface area contributed by atoms with Crippen molar-refractivity contribution in [1.29, 1.82) is 0 Å². The predicted molar refractivity (Wildman–Crippen MR) is 68.9 cm³/mol. The van der Waals surface area contributed by atoms with E-state index in [-0.39, 0.29) is 5.82 Å². The number of rotatable bonds is 6. The molecule has 0 bridgehead atoms. The first-order valence-electron chi connectivity index (χ1n) is 5.48. The Morgan fingerprint density at radius 1 is 1.50 bits per heavy atom. The number of nitrogens with one attached hydrogen (secondary N) is 1. The van der Waals surface area contributed by atoms with Crippen LogP contribution in [0.1, 0.15) is 12.5 Å². The monoisotopic (exact) mass is 288 g/mol. The Balaban J connectivity index is 2.34. The van der Waals surface area contributed by atoms with E-state index < -0.39 is 0 Å². The van der Waals surface area contributed by atoms with E-state index in [1.54, 1.807) is 6.07 Å². The smallest absolute Gasteiger partial charge is 0.126 e. The van der Waals surface area contributed by atoms with Crippen LogP contribution in [0.4, 0.5) is 4.39 Å². The van der Waals surface area contributed by atoms with Gasteiger partial charge >= 0.3 is 0 Å². The Hall–Kier alpha value is -0.450. The zero-order valence-electron chi connectivity index (χ0n) is 9.47. The van der Waals surface area contributed by atoms with E-state index in [1.807, 2.05) is 6.07 Å². The van der Waals surface area contributed by atoms with E-state index in [2.05, 4.69) is 28.2 Å². The van der Waals surface area contributed by atoms with Crippen molar-refractivity contribution in [2.24, 2.45) is 11.7 Å². The summed E-state index contributed by atoms with van der Waals surface area (Å²) in [6.45, 7) is 4.43. The van der Waals surface area contributed by atoms with Gasteiger partial charge in [-0.25, -0.2) is 4.39 Å². The van der Waals surface area contributed by atoms with Crippen LogP contribution in [0.3, 0.4) is 0 Å². The molecule has 16 heavy (non-hydrogen) atoms. The molecule has 0 fully saturated rings. The molecule has 0 aliphatic rings. The van der Waals surface area contributed by atoms with Gasteiger partial charge in [-0.3, -0.25) is 0 Å². The minimum Gasteiger partial charge on any atom is -0.330 e. The van der Waals surface area contributed by atoms with Crippen molar-refractivity contribution < 1.29 is 4.39 Å². The molecule has 0 saturated heterocycles. The van der Waals surface area contributed by atoms with Crippen molar-refractivity contribution in [2.45, 2.75) is 13.3 Å². The van der Waals surface area contributed by atoms with E-state index >= 15 is 0 Å². The van der Waals surface area contributed by atoms with Crippen LogP contribution >= 0.6 is 15.9 Å². The Morgan fingerprint density at radius 3 is 2.94 bits per heavy atom. The quantitative estimate of drug-likeness (QED) is 0.789. The normalized spacial score (nSPS) is 12.8. The summed E-state index contributed by atoms with van der Waals surface area (Å²) in [5.41, 5.74) is 6.24. The summed E-state index contributed by atoms with van der Waals surface area (Å²) in [6, 6.07) is 5.02. The highest BCUT2D eigenvalue weighted by molar-refractivity contribution is 9.10. The Kier molecular flexibility index (Phi) is 5.95. The largest absolute Gasteiger partial charge is 0.330 e. The topological polar surface area (TPSA) is 38.0 Å². The number of hydrogen-bond donors (Lipinski definition) is 2. The third-order valence-corrected chi connectivity index (χ3v) is 2.97. The van der Waals surface area contributed by atoms with E-state index in [0.717, 1.165) is 23.1 Å². The van der Waals surface area contributed by atoms with E-state index in [0.29, 0.717) is 18.9 Å². The zero-order valence-corrected chi connectivity index (χ0v) is 11.1. The van der Waals surface area contributed by atoms with Crippen LogP contribution in [-0.2, 0) is 6.42 Å². The van der Waals surface area contributed by atoms with Crippen molar-refractivity contribution in [2.75, 3.05) is 19.6 Å². The van der Waals surface area contributed by atoms with Gasteiger partial charge in [0.15, 0.2) is 0 Å². The summed E-state index contributed by atoms with van der Waals surface area (Å²) in [6.07, 6.45) is 0.697. The molecule has 1 rings (SSSR count). The summed E-state index contributed by atoms with van der Waals surface area (Å²) in [4.78, 5) is 0. The fraction of sp³-hybridized carbons (Fsp3) is 0.500. The van der Waals surface area contributed by atoms with E-state index in [1.165, 1.54) is 6.07 Å². The lowest BCUT2D eigenvalue weighted by atomic mass is 10.1. The molecule has 90 valence electrons. The first-order valence-corrected chi connectivity index (χ1v) is 6.27. The molecule has 1 atom stereocenters. The Morgan fingerprint density at radius 2 is 2.25 bits per heavy atom. The van der Waals surface area contributed by atoms with Gasteiger partial charge in [-0.05, 0) is 55.7 Å². The molecule has 2 nitrogen and oxygen atoms in total. The van der Waals surface area contributed by atoms with Crippen LogP contribution < -0.4 is 11.1 Å². The lowest BCUT2D eigenvalue weighted by Crippen LogP contribution is -2.27. The van der Waals surface area contributed by atoms with Gasteiger partial charge in [0.1, 0.15) is 5.82 Å². The van der Waals surface area contributed by atoms with Crippen LogP contribution in [-0.4, -0.2) is 19.6 Å². The highest BCUT2D eigenvalue weighted by Gasteiger charge is 2.03. The molecule has 0 aromatic heterocycles. The maximum atomic E-state index is 13.4. The Bertz CT molecular complexity index is 331. The molecule has 0 aliphatic heterocycles. The SMILES string of the molecule is CC(CN)CNCCc1cc(Br)ccc1F. The third kappa shape index (κ3) is 4.60. The lowest BCUT2D eigenvalue weighted by molar-refractivity contribution is 0.520. The maximum Gasteiger partial charge on any atom is 0.126 e. The van der Waals surface area contributed by atoms with Crippen molar-refractivity contribution >= 4 is 15.9 Å². The van der Waals surface area contributed by atoms with Crippen LogP contribution in [0, 0.1) is 11.7 Å². The van der Waals surface area contributed by atoms with Gasteiger partial charge in [-0.1, -0.05) is 22.9 Å². The summed E-state index contributed by atoms with van der Waals surface area (Å²) < 4.78 is 14.3. The highest BCUT2D eigenvalue weighted by atomic mass is 79.9. The minimum absolute atomic E-state index is 0.142.